The maximum Gasteiger partial charge on any atom is 0.240 e. The second-order valence-corrected chi connectivity index (χ2v) is 10.1. The number of sulfonamides is 1. The molecule has 1 aromatic heterocycles. The summed E-state index contributed by atoms with van der Waals surface area (Å²) in [7, 11) is -3.78. The number of allylic oxidation sites excluding steroid dienone is 2. The van der Waals surface area contributed by atoms with Crippen molar-refractivity contribution in [2.24, 2.45) is 0 Å². The van der Waals surface area contributed by atoms with Crippen molar-refractivity contribution in [3.05, 3.63) is 83.7 Å². The zero-order valence-corrected chi connectivity index (χ0v) is 21.1. The molecule has 0 unspecified atom stereocenters. The van der Waals surface area contributed by atoms with Crippen molar-refractivity contribution in [2.75, 3.05) is 13.1 Å². The van der Waals surface area contributed by atoms with E-state index in [-0.39, 0.29) is 17.2 Å². The summed E-state index contributed by atoms with van der Waals surface area (Å²) < 4.78 is 29.2. The molecule has 0 spiro atoms. The van der Waals surface area contributed by atoms with Crippen LogP contribution in [-0.4, -0.2) is 41.5 Å². The van der Waals surface area contributed by atoms with Crippen LogP contribution in [0.3, 0.4) is 0 Å². The van der Waals surface area contributed by atoms with Gasteiger partial charge in [0.1, 0.15) is 5.82 Å². The summed E-state index contributed by atoms with van der Waals surface area (Å²) in [5, 5.41) is 26.8. The van der Waals surface area contributed by atoms with Crippen molar-refractivity contribution in [2.45, 2.75) is 38.5 Å². The molecule has 0 saturated heterocycles. The third-order valence-electron chi connectivity index (χ3n) is 5.74. The van der Waals surface area contributed by atoms with Crippen LogP contribution in [0.2, 0.25) is 0 Å². The molecule has 1 heterocycles. The Balaban J connectivity index is 1.61. The maximum absolute atomic E-state index is 12.4. The fourth-order valence-corrected chi connectivity index (χ4v) is 4.62. The Kier molecular flexibility index (Phi) is 8.37. The number of unbranched alkanes of at least 4 members (excludes halogenated alkanes) is 1. The highest BCUT2D eigenvalue weighted by Crippen LogP contribution is 2.27. The van der Waals surface area contributed by atoms with Crippen molar-refractivity contribution < 1.29 is 18.6 Å². The number of aromatic hydroxyl groups is 2. The molecule has 0 bridgehead atoms. The fourth-order valence-electron chi connectivity index (χ4n) is 3.52. The van der Waals surface area contributed by atoms with Crippen molar-refractivity contribution in [3.63, 3.8) is 0 Å². The minimum absolute atomic E-state index is 0.101. The Morgan fingerprint density at radius 1 is 1.03 bits per heavy atom. The molecule has 4 N–H and O–H groups in total. The number of hydrogen-bond acceptors (Lipinski definition) is 6. The quantitative estimate of drug-likeness (QED) is 0.181. The lowest BCUT2D eigenvalue weighted by Gasteiger charge is -2.15. The van der Waals surface area contributed by atoms with Gasteiger partial charge in [0, 0.05) is 24.8 Å². The lowest BCUT2D eigenvalue weighted by molar-refractivity contribution is 0.402. The molecule has 3 aromatic rings. The molecule has 0 aliphatic rings. The predicted octanol–water partition coefficient (Wildman–Crippen LogP) is 4.08. The van der Waals surface area contributed by atoms with E-state index in [1.807, 2.05) is 62.0 Å². The Hall–Kier alpha value is -3.56. The zero-order valence-electron chi connectivity index (χ0n) is 20.2. The number of phenolic OH excluding ortho intramolecular Hbond substituents is 2. The summed E-state index contributed by atoms with van der Waals surface area (Å²) in [5.74, 6) is -0.0524. The number of rotatable bonds is 11. The monoisotopic (exact) mass is 496 g/mol. The molecule has 8 nitrogen and oxygen atoms in total. The van der Waals surface area contributed by atoms with E-state index in [0.29, 0.717) is 19.4 Å². The van der Waals surface area contributed by atoms with Gasteiger partial charge in [0.2, 0.25) is 10.0 Å². The van der Waals surface area contributed by atoms with E-state index >= 15 is 0 Å². The van der Waals surface area contributed by atoms with E-state index in [1.54, 1.807) is 0 Å². The summed E-state index contributed by atoms with van der Waals surface area (Å²) in [6, 6.07) is 11.5. The van der Waals surface area contributed by atoms with E-state index in [2.05, 4.69) is 21.7 Å². The van der Waals surface area contributed by atoms with Crippen LogP contribution >= 0.6 is 0 Å². The minimum Gasteiger partial charge on any atom is -0.504 e. The fraction of sp³-hybridized carbons (Fsp3) is 0.269. The van der Waals surface area contributed by atoms with Crippen LogP contribution in [0.1, 0.15) is 35.2 Å². The van der Waals surface area contributed by atoms with Gasteiger partial charge in [-0.15, -0.1) is 0 Å². The van der Waals surface area contributed by atoms with Crippen LogP contribution in [0.15, 0.2) is 66.2 Å². The molecule has 0 aliphatic carbocycles. The van der Waals surface area contributed by atoms with Gasteiger partial charge in [0.05, 0.1) is 11.1 Å². The van der Waals surface area contributed by atoms with Gasteiger partial charge in [0.25, 0.3) is 0 Å². The summed E-state index contributed by atoms with van der Waals surface area (Å²) in [5.41, 5.74) is 5.15. The van der Waals surface area contributed by atoms with Gasteiger partial charge in [-0.3, -0.25) is 0 Å². The molecule has 0 atom stereocenters. The average Bonchev–Trinajstić information content (AvgIpc) is 3.15. The lowest BCUT2D eigenvalue weighted by atomic mass is 10.0. The Morgan fingerprint density at radius 3 is 2.40 bits per heavy atom. The first kappa shape index (κ1) is 26.1. The molecule has 2 aromatic carbocycles. The highest BCUT2D eigenvalue weighted by atomic mass is 32.2. The number of aromatic nitrogens is 2. The number of nitrogens with one attached hydrogen (secondary N) is 2. The molecule has 0 saturated carbocycles. The second kappa shape index (κ2) is 11.2. The van der Waals surface area contributed by atoms with Crippen LogP contribution in [0, 0.1) is 20.8 Å². The molecule has 9 heteroatoms. The molecule has 0 amide bonds. The van der Waals surface area contributed by atoms with Crippen LogP contribution in [0.5, 0.6) is 11.5 Å². The first-order valence-corrected chi connectivity index (χ1v) is 12.8. The first-order chi connectivity index (χ1) is 16.6. The Labute approximate surface area is 206 Å². The van der Waals surface area contributed by atoms with Crippen LogP contribution in [0.25, 0.3) is 11.4 Å². The van der Waals surface area contributed by atoms with Gasteiger partial charge in [-0.25, -0.2) is 17.8 Å². The van der Waals surface area contributed by atoms with E-state index in [4.69, 9.17) is 0 Å². The molecule has 0 radical (unpaired) electrons. The SMILES string of the molecule is C=C(/C=C(/NCCCCNS(=O)(=O)c1ccc(O)c(O)c1)n1ncc(C)c1C)c1ccccc1C. The van der Waals surface area contributed by atoms with Crippen LogP contribution in [0.4, 0.5) is 0 Å². The molecule has 3 rings (SSSR count). The Bertz CT molecular complexity index is 1340. The van der Waals surface area contributed by atoms with Gasteiger partial charge in [-0.05, 0) is 74.1 Å². The van der Waals surface area contributed by atoms with Gasteiger partial charge in [-0.1, -0.05) is 30.8 Å². The highest BCUT2D eigenvalue weighted by molar-refractivity contribution is 7.89. The maximum atomic E-state index is 12.4. The van der Waals surface area contributed by atoms with Gasteiger partial charge in [-0.2, -0.15) is 5.10 Å². The molecular formula is C26H32N4O4S. The summed E-state index contributed by atoms with van der Waals surface area (Å²) in [6.07, 6.45) is 5.09. The predicted molar refractivity (Wildman–Crippen MR) is 138 cm³/mol. The number of nitrogens with zero attached hydrogens (tertiary/aromatic N) is 2. The largest absolute Gasteiger partial charge is 0.504 e. The van der Waals surface area contributed by atoms with E-state index < -0.39 is 15.8 Å². The Morgan fingerprint density at radius 2 is 1.74 bits per heavy atom. The third-order valence-corrected chi connectivity index (χ3v) is 7.20. The number of benzene rings is 2. The first-order valence-electron chi connectivity index (χ1n) is 11.3. The van der Waals surface area contributed by atoms with Crippen molar-refractivity contribution in [1.29, 1.82) is 0 Å². The van der Waals surface area contributed by atoms with Gasteiger partial charge >= 0.3 is 0 Å². The molecule has 35 heavy (non-hydrogen) atoms. The van der Waals surface area contributed by atoms with Crippen LogP contribution in [-0.2, 0) is 10.0 Å². The summed E-state index contributed by atoms with van der Waals surface area (Å²) in [6.45, 7) is 11.1. The topological polar surface area (TPSA) is 116 Å². The lowest BCUT2D eigenvalue weighted by Crippen LogP contribution is -2.26. The van der Waals surface area contributed by atoms with E-state index in [1.165, 1.54) is 6.07 Å². The van der Waals surface area contributed by atoms with Crippen LogP contribution < -0.4 is 10.0 Å². The van der Waals surface area contributed by atoms with E-state index in [9.17, 15) is 18.6 Å². The third kappa shape index (κ3) is 6.52. The summed E-state index contributed by atoms with van der Waals surface area (Å²) in [4.78, 5) is -0.101. The van der Waals surface area contributed by atoms with Crippen molar-refractivity contribution in [1.82, 2.24) is 19.8 Å². The number of hydrogen-bond donors (Lipinski definition) is 4. The van der Waals surface area contributed by atoms with Gasteiger partial charge in [0.15, 0.2) is 11.5 Å². The van der Waals surface area contributed by atoms with Crippen molar-refractivity contribution >= 4 is 21.4 Å². The molecule has 0 aliphatic heterocycles. The number of aryl methyl sites for hydroxylation is 2. The normalized spacial score (nSPS) is 12.0. The van der Waals surface area contributed by atoms with Gasteiger partial charge < -0.3 is 15.5 Å². The second-order valence-electron chi connectivity index (χ2n) is 8.38. The molecule has 186 valence electrons. The number of phenols is 2. The highest BCUT2D eigenvalue weighted by Gasteiger charge is 2.15. The minimum atomic E-state index is -3.78. The summed E-state index contributed by atoms with van der Waals surface area (Å²) >= 11 is 0. The standard InChI is InChI=1S/C26H32N4O4S/c1-18-9-5-6-10-23(18)19(2)15-26(30-21(4)20(3)17-28-30)27-13-7-8-14-29-35(33,34)22-11-12-24(31)25(32)16-22/h5-6,9-12,15-17,27,29,31-32H,2,7-8,13-14H2,1,3-4H3/b26-15-. The zero-order chi connectivity index (χ0) is 25.6. The van der Waals surface area contributed by atoms with E-state index in [0.717, 1.165) is 45.9 Å². The molecule has 0 fully saturated rings. The van der Waals surface area contributed by atoms with Crippen molar-refractivity contribution in [3.8, 4) is 11.5 Å². The smallest absolute Gasteiger partial charge is 0.240 e. The molecular weight excluding hydrogens is 464 g/mol. The average molecular weight is 497 g/mol.